The van der Waals surface area contributed by atoms with E-state index in [4.69, 9.17) is 5.11 Å². The highest BCUT2D eigenvalue weighted by molar-refractivity contribution is 5.85. The highest BCUT2D eigenvalue weighted by Gasteiger charge is 2.20. The lowest BCUT2D eigenvalue weighted by atomic mass is 10.0. The Morgan fingerprint density at radius 2 is 2.00 bits per heavy atom. The Morgan fingerprint density at radius 3 is 2.00 bits per heavy atom. The summed E-state index contributed by atoms with van der Waals surface area (Å²) in [6.45, 7) is 4.73. The fraction of sp³-hybridized carbons (Fsp3) is 0.833. The van der Waals surface area contributed by atoms with Crippen LogP contribution >= 0.6 is 0 Å². The molecule has 0 amide bonds. The number of Topliss-reactive ketones (excluding diaryl/α,β-unsaturated/α-hetero) is 1. The van der Waals surface area contributed by atoms with E-state index in [1.165, 1.54) is 13.8 Å². The van der Waals surface area contributed by atoms with Gasteiger partial charge in [0.15, 0.2) is 5.78 Å². The van der Waals surface area contributed by atoms with Crippen LogP contribution in [0.15, 0.2) is 0 Å². The largest absolute Gasteiger partial charge is 0.383 e. The Morgan fingerprint density at radius 1 is 1.62 bits per heavy atom. The van der Waals surface area contributed by atoms with Gasteiger partial charge in [-0.05, 0) is 13.8 Å². The molecule has 0 atom stereocenters. The molecule has 0 aromatic carbocycles. The number of carbonyl (C=O) groups is 1. The molecule has 0 aliphatic carbocycles. The van der Waals surface area contributed by atoms with Crippen LogP contribution in [-0.4, -0.2) is 16.5 Å². The van der Waals surface area contributed by atoms with Gasteiger partial charge in [-0.1, -0.05) is 6.92 Å². The first kappa shape index (κ1) is 7.63. The molecule has 0 bridgehead atoms. The summed E-state index contributed by atoms with van der Waals surface area (Å²) in [6, 6.07) is 0. The van der Waals surface area contributed by atoms with E-state index in [9.17, 15) is 4.79 Å². The van der Waals surface area contributed by atoms with Crippen LogP contribution in [0.5, 0.6) is 0 Å². The second-order valence-electron chi connectivity index (χ2n) is 2.34. The van der Waals surface area contributed by atoms with Crippen LogP contribution in [0.4, 0.5) is 0 Å². The first-order chi connectivity index (χ1) is 3.48. The van der Waals surface area contributed by atoms with Crippen LogP contribution in [0.2, 0.25) is 0 Å². The molecule has 0 rings (SSSR count). The lowest BCUT2D eigenvalue weighted by Crippen LogP contribution is -2.30. The van der Waals surface area contributed by atoms with E-state index in [1.807, 2.05) is 0 Å². The lowest BCUT2D eigenvalue weighted by Gasteiger charge is -2.12. The number of carbonyl (C=O) groups excluding carboxylic acids is 1. The van der Waals surface area contributed by atoms with Gasteiger partial charge in [0.2, 0.25) is 0 Å². The van der Waals surface area contributed by atoms with Crippen LogP contribution in [0, 0.1) is 0 Å². The lowest BCUT2D eigenvalue weighted by molar-refractivity contribution is -0.133. The zero-order valence-electron chi connectivity index (χ0n) is 5.56. The third kappa shape index (κ3) is 2.07. The van der Waals surface area contributed by atoms with Crippen LogP contribution in [0.3, 0.4) is 0 Å². The molecular formula is C6H12O2. The average Bonchev–Trinajstić information content (AvgIpc) is 1.62. The Bertz CT molecular complexity index is 89.2. The van der Waals surface area contributed by atoms with E-state index in [1.54, 1.807) is 6.92 Å². The maximum absolute atomic E-state index is 10.6. The van der Waals surface area contributed by atoms with Gasteiger partial charge in [0, 0.05) is 6.42 Å². The van der Waals surface area contributed by atoms with Crippen molar-refractivity contribution in [3.8, 4) is 0 Å². The molecule has 2 nitrogen and oxygen atoms in total. The molecule has 0 unspecified atom stereocenters. The molecule has 0 spiro atoms. The van der Waals surface area contributed by atoms with E-state index in [-0.39, 0.29) is 5.78 Å². The monoisotopic (exact) mass is 116 g/mol. The maximum atomic E-state index is 10.6. The molecule has 0 aromatic rings. The van der Waals surface area contributed by atoms with Crippen molar-refractivity contribution < 1.29 is 9.90 Å². The molecule has 0 aromatic heterocycles. The first-order valence-corrected chi connectivity index (χ1v) is 2.74. The summed E-state index contributed by atoms with van der Waals surface area (Å²) in [5.41, 5.74) is -1.13. The van der Waals surface area contributed by atoms with Crippen LogP contribution in [0.25, 0.3) is 0 Å². The van der Waals surface area contributed by atoms with Gasteiger partial charge >= 0.3 is 0 Å². The average molecular weight is 116 g/mol. The highest BCUT2D eigenvalue weighted by Crippen LogP contribution is 2.03. The summed E-state index contributed by atoms with van der Waals surface area (Å²) < 4.78 is 0. The molecule has 0 saturated heterocycles. The van der Waals surface area contributed by atoms with E-state index < -0.39 is 5.60 Å². The van der Waals surface area contributed by atoms with Gasteiger partial charge < -0.3 is 5.11 Å². The topological polar surface area (TPSA) is 37.3 Å². The van der Waals surface area contributed by atoms with Gasteiger partial charge in [-0.25, -0.2) is 0 Å². The van der Waals surface area contributed by atoms with E-state index in [2.05, 4.69) is 0 Å². The standard InChI is InChI=1S/C6H12O2/c1-4-5(7)6(2,3)8/h8H,4H2,1-3H3. The second kappa shape index (κ2) is 2.27. The highest BCUT2D eigenvalue weighted by atomic mass is 16.3. The number of hydrogen-bond donors (Lipinski definition) is 1. The van der Waals surface area contributed by atoms with Gasteiger partial charge in [0.05, 0.1) is 0 Å². The molecule has 0 aliphatic rings. The normalized spacial score (nSPS) is 11.5. The Labute approximate surface area is 49.5 Å². The number of aliphatic hydroxyl groups is 1. The van der Waals surface area contributed by atoms with Gasteiger partial charge in [-0.2, -0.15) is 0 Å². The smallest absolute Gasteiger partial charge is 0.163 e. The fourth-order valence-electron chi connectivity index (χ4n) is 0.433. The van der Waals surface area contributed by atoms with Crippen molar-refractivity contribution in [1.82, 2.24) is 0 Å². The molecule has 0 aliphatic heterocycles. The van der Waals surface area contributed by atoms with Crippen LogP contribution in [-0.2, 0) is 4.79 Å². The summed E-state index contributed by atoms with van der Waals surface area (Å²) >= 11 is 0. The number of rotatable bonds is 2. The number of hydrogen-bond acceptors (Lipinski definition) is 2. The van der Waals surface area contributed by atoms with Crippen molar-refractivity contribution in [3.63, 3.8) is 0 Å². The summed E-state index contributed by atoms with van der Waals surface area (Å²) in [6.07, 6.45) is 0.406. The second-order valence-corrected chi connectivity index (χ2v) is 2.34. The molecule has 0 heterocycles. The fourth-order valence-corrected chi connectivity index (χ4v) is 0.433. The quantitative estimate of drug-likeness (QED) is 0.577. The number of ketones is 1. The van der Waals surface area contributed by atoms with E-state index in [0.29, 0.717) is 6.42 Å². The molecule has 2 heteroatoms. The molecule has 0 saturated carbocycles. The molecule has 8 heavy (non-hydrogen) atoms. The predicted octanol–water partition coefficient (Wildman–Crippen LogP) is 0.736. The molecule has 0 fully saturated rings. The van der Waals surface area contributed by atoms with Gasteiger partial charge in [-0.15, -0.1) is 0 Å². The summed E-state index contributed by atoms with van der Waals surface area (Å²) in [4.78, 5) is 10.6. The Kier molecular flexibility index (Phi) is 2.16. The zero-order valence-corrected chi connectivity index (χ0v) is 5.56. The summed E-state index contributed by atoms with van der Waals surface area (Å²) in [7, 11) is 0. The Balaban J connectivity index is 3.82. The van der Waals surface area contributed by atoms with Crippen molar-refractivity contribution in [2.45, 2.75) is 32.8 Å². The van der Waals surface area contributed by atoms with Crippen LogP contribution < -0.4 is 0 Å². The van der Waals surface area contributed by atoms with Crippen LogP contribution in [0.1, 0.15) is 27.2 Å². The zero-order chi connectivity index (χ0) is 6.78. The molecule has 0 radical (unpaired) electrons. The van der Waals surface area contributed by atoms with E-state index >= 15 is 0 Å². The first-order valence-electron chi connectivity index (χ1n) is 2.74. The van der Waals surface area contributed by atoms with Crippen molar-refractivity contribution in [1.29, 1.82) is 0 Å². The van der Waals surface area contributed by atoms with Crippen molar-refractivity contribution in [2.24, 2.45) is 0 Å². The minimum atomic E-state index is -1.13. The van der Waals surface area contributed by atoms with Crippen molar-refractivity contribution in [3.05, 3.63) is 0 Å². The minimum Gasteiger partial charge on any atom is -0.383 e. The minimum absolute atomic E-state index is 0.113. The van der Waals surface area contributed by atoms with Crippen molar-refractivity contribution in [2.75, 3.05) is 0 Å². The van der Waals surface area contributed by atoms with Gasteiger partial charge in [0.1, 0.15) is 5.60 Å². The maximum Gasteiger partial charge on any atom is 0.163 e. The van der Waals surface area contributed by atoms with Crippen molar-refractivity contribution >= 4 is 5.78 Å². The summed E-state index contributed by atoms with van der Waals surface area (Å²) in [5.74, 6) is -0.113. The predicted molar refractivity (Wildman–Crippen MR) is 31.6 cm³/mol. The molecule has 48 valence electrons. The third-order valence-corrected chi connectivity index (χ3v) is 1.00. The Hall–Kier alpha value is -0.370. The molecular weight excluding hydrogens is 104 g/mol. The molecule has 1 N–H and O–H groups in total. The van der Waals surface area contributed by atoms with Gasteiger partial charge in [-0.3, -0.25) is 4.79 Å². The SMILES string of the molecule is CCC(=O)C(C)(C)O. The van der Waals surface area contributed by atoms with Gasteiger partial charge in [0.25, 0.3) is 0 Å². The van der Waals surface area contributed by atoms with E-state index in [0.717, 1.165) is 0 Å². The summed E-state index contributed by atoms with van der Waals surface area (Å²) in [5, 5.41) is 8.94. The third-order valence-electron chi connectivity index (χ3n) is 1.00.